The van der Waals surface area contributed by atoms with Crippen molar-refractivity contribution in [2.75, 3.05) is 0 Å². The predicted octanol–water partition coefficient (Wildman–Crippen LogP) is 6.07. The number of phenols is 1. The van der Waals surface area contributed by atoms with Crippen molar-refractivity contribution >= 4 is 0 Å². The summed E-state index contributed by atoms with van der Waals surface area (Å²) in [5.41, 5.74) is 3.74. The first-order valence-corrected chi connectivity index (χ1v) is 8.82. The van der Waals surface area contributed by atoms with E-state index in [9.17, 15) is 5.11 Å². The average molecular weight is 330 g/mol. The molecular formula is C24H26O. The topological polar surface area (TPSA) is 20.2 Å². The monoisotopic (exact) mass is 330 g/mol. The molecule has 0 bridgehead atoms. The third kappa shape index (κ3) is 3.61. The van der Waals surface area contributed by atoms with Crippen molar-refractivity contribution in [1.29, 1.82) is 0 Å². The average Bonchev–Trinajstić information content (AvgIpc) is 2.63. The standard InChI is InChI=1S/C24H26O/c1-23(2,19-10-6-4-7-11-19)18-24(3,20-12-8-5-9-13-20)21-14-16-22(25)17-15-21/h4-17,25H,18H2,1-3H3. The minimum atomic E-state index is -0.145. The fourth-order valence-electron chi connectivity index (χ4n) is 3.88. The predicted molar refractivity (Wildman–Crippen MR) is 105 cm³/mol. The fourth-order valence-corrected chi connectivity index (χ4v) is 3.88. The van der Waals surface area contributed by atoms with E-state index < -0.39 is 0 Å². The molecule has 1 atom stereocenters. The quantitative estimate of drug-likeness (QED) is 0.602. The fraction of sp³-hybridized carbons (Fsp3) is 0.250. The molecule has 0 aliphatic heterocycles. The number of rotatable bonds is 5. The van der Waals surface area contributed by atoms with Crippen LogP contribution in [0.4, 0.5) is 0 Å². The highest BCUT2D eigenvalue weighted by atomic mass is 16.3. The molecule has 0 aliphatic carbocycles. The normalized spacial score (nSPS) is 14.0. The molecule has 0 amide bonds. The number of aromatic hydroxyl groups is 1. The minimum absolute atomic E-state index is 0.0176. The van der Waals surface area contributed by atoms with E-state index in [-0.39, 0.29) is 10.8 Å². The van der Waals surface area contributed by atoms with Gasteiger partial charge in [0.05, 0.1) is 0 Å². The zero-order chi connectivity index (χ0) is 17.9. The van der Waals surface area contributed by atoms with E-state index in [1.807, 2.05) is 12.1 Å². The van der Waals surface area contributed by atoms with Crippen LogP contribution in [0.1, 0.15) is 43.9 Å². The zero-order valence-electron chi connectivity index (χ0n) is 15.2. The van der Waals surface area contributed by atoms with Crippen LogP contribution in [0.15, 0.2) is 84.9 Å². The van der Waals surface area contributed by atoms with Crippen LogP contribution in [0.25, 0.3) is 0 Å². The van der Waals surface area contributed by atoms with Gasteiger partial charge in [0.2, 0.25) is 0 Å². The van der Waals surface area contributed by atoms with E-state index in [0.29, 0.717) is 5.75 Å². The van der Waals surface area contributed by atoms with Gasteiger partial charge in [0.25, 0.3) is 0 Å². The lowest BCUT2D eigenvalue weighted by molar-refractivity contribution is 0.369. The van der Waals surface area contributed by atoms with Crippen LogP contribution in [0, 0.1) is 0 Å². The molecule has 0 fully saturated rings. The van der Waals surface area contributed by atoms with Gasteiger partial charge in [-0.15, -0.1) is 0 Å². The molecule has 1 heteroatoms. The minimum Gasteiger partial charge on any atom is -0.508 e. The summed E-state index contributed by atoms with van der Waals surface area (Å²) in [6.07, 6.45) is 0.971. The number of hydrogen-bond donors (Lipinski definition) is 1. The summed E-state index contributed by atoms with van der Waals surface area (Å²) in [5.74, 6) is 0.307. The SMILES string of the molecule is CC(C)(CC(C)(c1ccccc1)c1ccc(O)cc1)c1ccccc1. The molecule has 3 aromatic carbocycles. The molecule has 0 heterocycles. The first kappa shape index (κ1) is 17.3. The highest BCUT2D eigenvalue weighted by molar-refractivity contribution is 5.42. The smallest absolute Gasteiger partial charge is 0.115 e. The van der Waals surface area contributed by atoms with Crippen LogP contribution in [-0.4, -0.2) is 5.11 Å². The third-order valence-electron chi connectivity index (χ3n) is 5.27. The first-order valence-electron chi connectivity index (χ1n) is 8.82. The maximum absolute atomic E-state index is 9.70. The van der Waals surface area contributed by atoms with Crippen LogP contribution in [0.5, 0.6) is 5.75 Å². The van der Waals surface area contributed by atoms with Gasteiger partial charge in [-0.25, -0.2) is 0 Å². The second-order valence-corrected chi connectivity index (χ2v) is 7.67. The summed E-state index contributed by atoms with van der Waals surface area (Å²) in [6.45, 7) is 6.92. The highest BCUT2D eigenvalue weighted by Crippen LogP contribution is 2.43. The van der Waals surface area contributed by atoms with Crippen molar-refractivity contribution in [1.82, 2.24) is 0 Å². The Balaban J connectivity index is 2.07. The Kier molecular flexibility index (Phi) is 4.67. The summed E-state index contributed by atoms with van der Waals surface area (Å²) in [7, 11) is 0. The summed E-state index contributed by atoms with van der Waals surface area (Å²) in [5, 5.41) is 9.70. The van der Waals surface area contributed by atoms with E-state index in [4.69, 9.17) is 0 Å². The lowest BCUT2D eigenvalue weighted by atomic mass is 9.64. The van der Waals surface area contributed by atoms with E-state index >= 15 is 0 Å². The molecule has 25 heavy (non-hydrogen) atoms. The van der Waals surface area contributed by atoms with Crippen molar-refractivity contribution in [2.24, 2.45) is 0 Å². The number of hydrogen-bond acceptors (Lipinski definition) is 1. The van der Waals surface area contributed by atoms with Gasteiger partial charge in [0.15, 0.2) is 0 Å². The Morgan fingerprint density at radius 3 is 1.56 bits per heavy atom. The molecule has 3 aromatic rings. The van der Waals surface area contributed by atoms with Crippen LogP contribution >= 0.6 is 0 Å². The Bertz CT molecular complexity index is 804. The van der Waals surface area contributed by atoms with Gasteiger partial charge >= 0.3 is 0 Å². The molecule has 1 nitrogen and oxygen atoms in total. The molecule has 1 N–H and O–H groups in total. The zero-order valence-corrected chi connectivity index (χ0v) is 15.2. The van der Waals surface area contributed by atoms with Crippen LogP contribution in [0.2, 0.25) is 0 Å². The molecule has 0 spiro atoms. The van der Waals surface area contributed by atoms with Gasteiger partial charge in [0.1, 0.15) is 5.75 Å². The highest BCUT2D eigenvalue weighted by Gasteiger charge is 2.36. The molecule has 0 aromatic heterocycles. The van der Waals surface area contributed by atoms with Gasteiger partial charge < -0.3 is 5.11 Å². The Morgan fingerprint density at radius 2 is 1.04 bits per heavy atom. The molecule has 128 valence electrons. The van der Waals surface area contributed by atoms with Crippen LogP contribution in [0.3, 0.4) is 0 Å². The number of phenolic OH excluding ortho intramolecular Hbond substituents is 1. The van der Waals surface area contributed by atoms with Gasteiger partial charge in [-0.2, -0.15) is 0 Å². The van der Waals surface area contributed by atoms with E-state index in [1.165, 1.54) is 16.7 Å². The summed E-state index contributed by atoms with van der Waals surface area (Å²) < 4.78 is 0. The summed E-state index contributed by atoms with van der Waals surface area (Å²) in [6, 6.07) is 29.0. The lowest BCUT2D eigenvalue weighted by Gasteiger charge is -2.39. The molecular weight excluding hydrogens is 304 g/mol. The van der Waals surface area contributed by atoms with Gasteiger partial charge in [-0.3, -0.25) is 0 Å². The van der Waals surface area contributed by atoms with Crippen molar-refractivity contribution in [3.8, 4) is 5.75 Å². The molecule has 1 unspecified atom stereocenters. The van der Waals surface area contributed by atoms with Gasteiger partial charge in [-0.1, -0.05) is 93.6 Å². The molecule has 0 radical (unpaired) electrons. The molecule has 0 saturated heterocycles. The molecule has 0 aliphatic rings. The number of benzene rings is 3. The van der Waals surface area contributed by atoms with Gasteiger partial charge in [-0.05, 0) is 40.7 Å². The maximum Gasteiger partial charge on any atom is 0.115 e. The summed E-state index contributed by atoms with van der Waals surface area (Å²) in [4.78, 5) is 0. The maximum atomic E-state index is 9.70. The molecule has 0 saturated carbocycles. The Hall–Kier alpha value is -2.54. The second kappa shape index (κ2) is 6.76. The Morgan fingerprint density at radius 1 is 0.600 bits per heavy atom. The van der Waals surface area contributed by atoms with E-state index in [1.54, 1.807) is 12.1 Å². The van der Waals surface area contributed by atoms with Crippen molar-refractivity contribution in [3.63, 3.8) is 0 Å². The van der Waals surface area contributed by atoms with Crippen molar-refractivity contribution in [3.05, 3.63) is 102 Å². The Labute approximate surface area is 151 Å². The van der Waals surface area contributed by atoms with E-state index in [0.717, 1.165) is 6.42 Å². The van der Waals surface area contributed by atoms with E-state index in [2.05, 4.69) is 81.4 Å². The van der Waals surface area contributed by atoms with Crippen molar-refractivity contribution in [2.45, 2.75) is 38.0 Å². The summed E-state index contributed by atoms with van der Waals surface area (Å²) >= 11 is 0. The van der Waals surface area contributed by atoms with Crippen LogP contribution in [-0.2, 0) is 10.8 Å². The second-order valence-electron chi connectivity index (χ2n) is 7.67. The largest absolute Gasteiger partial charge is 0.508 e. The lowest BCUT2D eigenvalue weighted by Crippen LogP contribution is -2.33. The van der Waals surface area contributed by atoms with Crippen molar-refractivity contribution < 1.29 is 5.11 Å². The van der Waals surface area contributed by atoms with Gasteiger partial charge in [0, 0.05) is 5.41 Å². The first-order chi connectivity index (χ1) is 11.9. The molecule has 3 rings (SSSR count). The third-order valence-corrected chi connectivity index (χ3v) is 5.27. The van der Waals surface area contributed by atoms with Crippen LogP contribution < -0.4 is 0 Å².